The van der Waals surface area contributed by atoms with Gasteiger partial charge >= 0.3 is 0 Å². The predicted molar refractivity (Wildman–Crippen MR) is 86.5 cm³/mol. The first-order valence-electron chi connectivity index (χ1n) is 6.43. The third-order valence-electron chi connectivity index (χ3n) is 3.49. The number of imidazole rings is 1. The van der Waals surface area contributed by atoms with Crippen LogP contribution in [-0.4, -0.2) is 9.55 Å². The highest BCUT2D eigenvalue weighted by Gasteiger charge is 2.25. The summed E-state index contributed by atoms with van der Waals surface area (Å²) in [4.78, 5) is 5.72. The molecule has 0 amide bonds. The van der Waals surface area contributed by atoms with Crippen molar-refractivity contribution in [1.82, 2.24) is 9.55 Å². The van der Waals surface area contributed by atoms with Crippen LogP contribution in [0.4, 0.5) is 5.95 Å². The van der Waals surface area contributed by atoms with E-state index in [1.54, 1.807) is 11.3 Å². The van der Waals surface area contributed by atoms with Gasteiger partial charge in [0.1, 0.15) is 0 Å². The smallest absolute Gasteiger partial charge is 0.201 e. The van der Waals surface area contributed by atoms with Crippen LogP contribution in [0.25, 0.3) is 11.0 Å². The Morgan fingerprint density at radius 2 is 2.10 bits per heavy atom. The lowest BCUT2D eigenvalue weighted by molar-refractivity contribution is 0.453. The van der Waals surface area contributed by atoms with E-state index in [1.165, 1.54) is 4.88 Å². The summed E-state index contributed by atoms with van der Waals surface area (Å²) >= 11 is 8.08. The maximum Gasteiger partial charge on any atom is 0.201 e. The summed E-state index contributed by atoms with van der Waals surface area (Å²) in [5.74, 6) is 0.512. The first kappa shape index (κ1) is 13.5. The lowest BCUT2D eigenvalue weighted by Crippen LogP contribution is -2.24. The van der Waals surface area contributed by atoms with Crippen molar-refractivity contribution in [3.05, 3.63) is 45.6 Å². The van der Waals surface area contributed by atoms with Gasteiger partial charge in [-0.15, -0.1) is 11.3 Å². The average Bonchev–Trinajstić information content (AvgIpc) is 2.99. The second-order valence-corrected chi connectivity index (χ2v) is 6.88. The number of nitrogen functional groups attached to an aromatic ring is 1. The van der Waals surface area contributed by atoms with E-state index in [2.05, 4.69) is 36.3 Å². The molecular formula is C15H16ClN3S. The summed E-state index contributed by atoms with van der Waals surface area (Å²) in [6, 6.07) is 9.93. The minimum Gasteiger partial charge on any atom is -0.369 e. The highest BCUT2D eigenvalue weighted by molar-refractivity contribution is 7.10. The molecule has 2 N–H and O–H groups in total. The molecule has 0 spiro atoms. The number of thiophene rings is 1. The van der Waals surface area contributed by atoms with Gasteiger partial charge in [-0.2, -0.15) is 0 Å². The normalized spacial score (nSPS) is 12.2. The van der Waals surface area contributed by atoms with Crippen molar-refractivity contribution < 1.29 is 0 Å². The van der Waals surface area contributed by atoms with Crippen LogP contribution in [0, 0.1) is 0 Å². The zero-order valence-electron chi connectivity index (χ0n) is 11.4. The van der Waals surface area contributed by atoms with Crippen LogP contribution in [0.5, 0.6) is 0 Å². The van der Waals surface area contributed by atoms with Crippen molar-refractivity contribution in [1.29, 1.82) is 0 Å². The van der Waals surface area contributed by atoms with Crippen LogP contribution in [-0.2, 0) is 12.0 Å². The summed E-state index contributed by atoms with van der Waals surface area (Å²) in [5.41, 5.74) is 7.82. The highest BCUT2D eigenvalue weighted by Crippen LogP contribution is 2.33. The van der Waals surface area contributed by atoms with Gasteiger partial charge in [-0.3, -0.25) is 0 Å². The Labute approximate surface area is 127 Å². The molecule has 0 bridgehead atoms. The molecule has 2 heterocycles. The van der Waals surface area contributed by atoms with Gasteiger partial charge in [0.2, 0.25) is 5.95 Å². The van der Waals surface area contributed by atoms with Gasteiger partial charge in [0.25, 0.3) is 0 Å². The van der Waals surface area contributed by atoms with E-state index in [0.29, 0.717) is 11.0 Å². The fourth-order valence-corrected chi connectivity index (χ4v) is 3.57. The molecule has 0 unspecified atom stereocenters. The molecule has 0 radical (unpaired) electrons. The third kappa shape index (κ3) is 2.19. The van der Waals surface area contributed by atoms with Crippen LogP contribution >= 0.6 is 22.9 Å². The molecule has 5 heteroatoms. The SMILES string of the molecule is CC(C)(Cn1c(N)nc2cccc(Cl)c21)c1cccs1. The zero-order chi connectivity index (χ0) is 14.3. The van der Waals surface area contributed by atoms with Crippen molar-refractivity contribution in [2.45, 2.75) is 25.8 Å². The van der Waals surface area contributed by atoms with Crippen molar-refractivity contribution >= 4 is 39.9 Å². The number of rotatable bonds is 3. The number of nitrogens with two attached hydrogens (primary N) is 1. The number of fused-ring (bicyclic) bond motifs is 1. The standard InChI is InChI=1S/C15H16ClN3S/c1-15(2,12-7-4-8-20-12)9-19-13-10(16)5-3-6-11(13)18-14(19)17/h3-8H,9H2,1-2H3,(H2,17,18). The second kappa shape index (κ2) is 4.79. The second-order valence-electron chi connectivity index (χ2n) is 5.52. The van der Waals surface area contributed by atoms with Crippen LogP contribution in [0.15, 0.2) is 35.7 Å². The molecule has 0 aliphatic rings. The summed E-state index contributed by atoms with van der Waals surface area (Å²) < 4.78 is 2.01. The van der Waals surface area contributed by atoms with Gasteiger partial charge in [0.15, 0.2) is 0 Å². The quantitative estimate of drug-likeness (QED) is 0.783. The zero-order valence-corrected chi connectivity index (χ0v) is 13.0. The van der Waals surface area contributed by atoms with Crippen LogP contribution in [0.1, 0.15) is 18.7 Å². The number of para-hydroxylation sites is 1. The van der Waals surface area contributed by atoms with Gasteiger partial charge in [-0.25, -0.2) is 4.98 Å². The molecule has 0 fully saturated rings. The number of aromatic nitrogens is 2. The summed E-state index contributed by atoms with van der Waals surface area (Å²) in [7, 11) is 0. The number of halogens is 1. The number of anilines is 1. The molecule has 3 aromatic rings. The van der Waals surface area contributed by atoms with Crippen molar-refractivity contribution in [3.63, 3.8) is 0 Å². The number of nitrogens with zero attached hydrogens (tertiary/aromatic N) is 2. The maximum absolute atomic E-state index is 6.32. The average molecular weight is 306 g/mol. The van der Waals surface area contributed by atoms with Crippen molar-refractivity contribution in [2.75, 3.05) is 5.73 Å². The van der Waals surface area contributed by atoms with Crippen molar-refractivity contribution in [3.8, 4) is 0 Å². The Hall–Kier alpha value is -1.52. The van der Waals surface area contributed by atoms with E-state index >= 15 is 0 Å². The molecule has 2 aromatic heterocycles. The maximum atomic E-state index is 6.32. The summed E-state index contributed by atoms with van der Waals surface area (Å²) in [6.45, 7) is 5.17. The Morgan fingerprint density at radius 1 is 1.30 bits per heavy atom. The first-order valence-corrected chi connectivity index (χ1v) is 7.69. The Balaban J connectivity index is 2.09. The molecule has 104 valence electrons. The van der Waals surface area contributed by atoms with Crippen molar-refractivity contribution in [2.24, 2.45) is 0 Å². The molecule has 3 rings (SSSR count). The van der Waals surface area contributed by atoms with E-state index < -0.39 is 0 Å². The molecule has 20 heavy (non-hydrogen) atoms. The molecule has 0 atom stereocenters. The molecule has 3 nitrogen and oxygen atoms in total. The number of hydrogen-bond acceptors (Lipinski definition) is 3. The summed E-state index contributed by atoms with van der Waals surface area (Å²) in [6.07, 6.45) is 0. The third-order valence-corrected chi connectivity index (χ3v) is 5.03. The van der Waals surface area contributed by atoms with Gasteiger partial charge < -0.3 is 10.3 Å². The first-order chi connectivity index (χ1) is 9.49. The van der Waals surface area contributed by atoms with Gasteiger partial charge in [-0.05, 0) is 23.6 Å². The van der Waals surface area contributed by atoms with E-state index in [1.807, 2.05) is 22.8 Å². The van der Waals surface area contributed by atoms with E-state index in [0.717, 1.165) is 17.6 Å². The van der Waals surface area contributed by atoms with E-state index in [-0.39, 0.29) is 5.41 Å². The lowest BCUT2D eigenvalue weighted by Gasteiger charge is -2.25. The van der Waals surface area contributed by atoms with Gasteiger partial charge in [0.05, 0.1) is 16.1 Å². The van der Waals surface area contributed by atoms with Gasteiger partial charge in [0, 0.05) is 16.8 Å². The predicted octanol–water partition coefficient (Wildman–Crippen LogP) is 4.31. The lowest BCUT2D eigenvalue weighted by atomic mass is 9.91. The molecular weight excluding hydrogens is 290 g/mol. The fraction of sp³-hybridized carbons (Fsp3) is 0.267. The minimum atomic E-state index is -0.0188. The fourth-order valence-electron chi connectivity index (χ4n) is 2.46. The summed E-state index contributed by atoms with van der Waals surface area (Å²) in [5, 5.41) is 2.79. The topological polar surface area (TPSA) is 43.8 Å². The number of hydrogen-bond donors (Lipinski definition) is 1. The molecule has 0 aliphatic heterocycles. The van der Waals surface area contributed by atoms with E-state index in [9.17, 15) is 0 Å². The monoisotopic (exact) mass is 305 g/mol. The largest absolute Gasteiger partial charge is 0.369 e. The van der Waals surface area contributed by atoms with E-state index in [4.69, 9.17) is 17.3 Å². The Bertz CT molecular complexity index is 744. The minimum absolute atomic E-state index is 0.0188. The highest BCUT2D eigenvalue weighted by atomic mass is 35.5. The molecule has 0 aliphatic carbocycles. The Morgan fingerprint density at radius 3 is 2.80 bits per heavy atom. The molecule has 1 aromatic carbocycles. The van der Waals surface area contributed by atoms with Crippen LogP contribution < -0.4 is 5.73 Å². The van der Waals surface area contributed by atoms with Gasteiger partial charge in [-0.1, -0.05) is 37.6 Å². The molecule has 0 saturated heterocycles. The number of benzene rings is 1. The van der Waals surface area contributed by atoms with Crippen LogP contribution in [0.3, 0.4) is 0 Å². The Kier molecular flexibility index (Phi) is 3.22. The molecule has 0 saturated carbocycles. The van der Waals surface area contributed by atoms with Crippen LogP contribution in [0.2, 0.25) is 5.02 Å².